The SMILES string of the molecule is COc1ccc(OC)c([C@@H]2SCC(=O)N(CC(=O)NC[C@H]3CCCO3)c3c2c(-c2cccs2)nn3-c2ccccc2C)c1. The summed E-state index contributed by atoms with van der Waals surface area (Å²) in [6, 6.07) is 17.7. The summed E-state index contributed by atoms with van der Waals surface area (Å²) in [4.78, 5) is 29.9. The van der Waals surface area contributed by atoms with Crippen LogP contribution in [0.15, 0.2) is 60.0 Å². The van der Waals surface area contributed by atoms with Crippen molar-refractivity contribution in [1.82, 2.24) is 15.1 Å². The molecule has 2 aromatic carbocycles. The van der Waals surface area contributed by atoms with E-state index in [2.05, 4.69) is 5.32 Å². The molecule has 2 aromatic heterocycles. The second-order valence-electron chi connectivity index (χ2n) is 10.5. The number of hydrogen-bond donors (Lipinski definition) is 1. The number of methoxy groups -OCH3 is 2. The average Bonchev–Trinajstić information content (AvgIpc) is 3.80. The molecule has 0 aliphatic carbocycles. The lowest BCUT2D eigenvalue weighted by molar-refractivity contribution is -0.123. The number of benzene rings is 2. The molecular formula is C32H34N4O5S2. The molecule has 9 nitrogen and oxygen atoms in total. The number of nitrogens with one attached hydrogen (secondary N) is 1. The minimum atomic E-state index is -0.334. The molecule has 1 N–H and O–H groups in total. The van der Waals surface area contributed by atoms with Crippen LogP contribution in [0.3, 0.4) is 0 Å². The van der Waals surface area contributed by atoms with Gasteiger partial charge in [-0.25, -0.2) is 4.68 Å². The first-order valence-electron chi connectivity index (χ1n) is 14.2. The maximum atomic E-state index is 14.0. The fraction of sp³-hybridized carbons (Fsp3) is 0.344. The zero-order valence-corrected chi connectivity index (χ0v) is 26.0. The van der Waals surface area contributed by atoms with Crippen LogP contribution in [-0.2, 0) is 14.3 Å². The molecule has 0 saturated carbocycles. The second kappa shape index (κ2) is 12.8. The Kier molecular flexibility index (Phi) is 8.73. The third-order valence-corrected chi connectivity index (χ3v) is 9.87. The highest BCUT2D eigenvalue weighted by atomic mass is 32.2. The van der Waals surface area contributed by atoms with Gasteiger partial charge in [-0.1, -0.05) is 24.3 Å². The Labute approximate surface area is 259 Å². The van der Waals surface area contributed by atoms with Crippen molar-refractivity contribution in [3.05, 3.63) is 76.7 Å². The second-order valence-corrected chi connectivity index (χ2v) is 12.5. The van der Waals surface area contributed by atoms with Gasteiger partial charge in [-0.05, 0) is 61.0 Å². The molecular weight excluding hydrogens is 585 g/mol. The zero-order chi connectivity index (χ0) is 29.9. The van der Waals surface area contributed by atoms with E-state index in [-0.39, 0.29) is 35.5 Å². The van der Waals surface area contributed by atoms with Crippen LogP contribution in [0.4, 0.5) is 5.82 Å². The number of amides is 2. The molecule has 1 fully saturated rings. The molecule has 0 radical (unpaired) electrons. The van der Waals surface area contributed by atoms with Crippen molar-refractivity contribution in [3.63, 3.8) is 0 Å². The number of carbonyl (C=O) groups excluding carboxylic acids is 2. The van der Waals surface area contributed by atoms with Gasteiger partial charge in [0.15, 0.2) is 0 Å². The number of rotatable bonds is 9. The van der Waals surface area contributed by atoms with Crippen molar-refractivity contribution in [3.8, 4) is 27.8 Å². The van der Waals surface area contributed by atoms with Crippen LogP contribution in [0, 0.1) is 6.92 Å². The van der Waals surface area contributed by atoms with E-state index in [0.29, 0.717) is 30.5 Å². The van der Waals surface area contributed by atoms with E-state index >= 15 is 0 Å². The van der Waals surface area contributed by atoms with Crippen LogP contribution in [0.25, 0.3) is 16.3 Å². The number of ether oxygens (including phenoxy) is 3. The normalized spacial score (nSPS) is 18.3. The largest absolute Gasteiger partial charge is 0.497 e. The molecule has 2 aliphatic rings. The van der Waals surface area contributed by atoms with Gasteiger partial charge >= 0.3 is 0 Å². The van der Waals surface area contributed by atoms with Crippen molar-refractivity contribution >= 4 is 40.7 Å². The quantitative estimate of drug-likeness (QED) is 0.269. The Balaban J connectivity index is 1.55. The first-order chi connectivity index (χ1) is 21.0. The minimum Gasteiger partial charge on any atom is -0.497 e. The Morgan fingerprint density at radius 3 is 2.72 bits per heavy atom. The summed E-state index contributed by atoms with van der Waals surface area (Å²) in [5.41, 5.74) is 4.30. The van der Waals surface area contributed by atoms with E-state index in [9.17, 15) is 9.59 Å². The van der Waals surface area contributed by atoms with Gasteiger partial charge in [0, 0.05) is 24.3 Å². The van der Waals surface area contributed by atoms with Gasteiger partial charge in [-0.3, -0.25) is 14.5 Å². The molecule has 1 saturated heterocycles. The van der Waals surface area contributed by atoms with Crippen molar-refractivity contribution in [2.24, 2.45) is 0 Å². The lowest BCUT2D eigenvalue weighted by Crippen LogP contribution is -2.44. The molecule has 0 spiro atoms. The number of para-hydroxylation sites is 1. The maximum Gasteiger partial charge on any atom is 0.240 e. The molecule has 0 bridgehead atoms. The molecule has 43 heavy (non-hydrogen) atoms. The maximum absolute atomic E-state index is 14.0. The molecule has 224 valence electrons. The van der Waals surface area contributed by atoms with Crippen molar-refractivity contribution in [2.45, 2.75) is 31.1 Å². The highest BCUT2D eigenvalue weighted by molar-refractivity contribution is 8.00. The Hall–Kier alpha value is -3.80. The smallest absolute Gasteiger partial charge is 0.240 e. The molecule has 2 atom stereocenters. The van der Waals surface area contributed by atoms with Gasteiger partial charge in [0.05, 0.1) is 41.9 Å². The van der Waals surface area contributed by atoms with Crippen LogP contribution in [0.1, 0.15) is 34.8 Å². The van der Waals surface area contributed by atoms with E-state index < -0.39 is 0 Å². The van der Waals surface area contributed by atoms with E-state index in [0.717, 1.165) is 45.8 Å². The predicted molar refractivity (Wildman–Crippen MR) is 170 cm³/mol. The topological polar surface area (TPSA) is 94.9 Å². The van der Waals surface area contributed by atoms with E-state index in [4.69, 9.17) is 19.3 Å². The van der Waals surface area contributed by atoms with Gasteiger partial charge in [0.25, 0.3) is 0 Å². The van der Waals surface area contributed by atoms with Crippen LogP contribution in [0.5, 0.6) is 11.5 Å². The summed E-state index contributed by atoms with van der Waals surface area (Å²) < 4.78 is 18.9. The molecule has 6 rings (SSSR count). The number of thioether (sulfide) groups is 1. The number of aromatic nitrogens is 2. The minimum absolute atomic E-state index is 0.00253. The number of anilines is 1. The zero-order valence-electron chi connectivity index (χ0n) is 24.4. The van der Waals surface area contributed by atoms with Crippen molar-refractivity contribution in [1.29, 1.82) is 0 Å². The summed E-state index contributed by atoms with van der Waals surface area (Å²) in [5, 5.41) is 9.85. The predicted octanol–water partition coefficient (Wildman–Crippen LogP) is 5.39. The van der Waals surface area contributed by atoms with Crippen LogP contribution >= 0.6 is 23.1 Å². The molecule has 2 amide bonds. The Bertz CT molecular complexity index is 1610. The summed E-state index contributed by atoms with van der Waals surface area (Å²) in [7, 11) is 3.27. The average molecular weight is 619 g/mol. The molecule has 11 heteroatoms. The Morgan fingerprint density at radius 2 is 2.00 bits per heavy atom. The van der Waals surface area contributed by atoms with Gasteiger partial charge in [0.1, 0.15) is 29.6 Å². The number of aryl methyl sites for hydroxylation is 1. The third-order valence-electron chi connectivity index (χ3n) is 7.76. The highest BCUT2D eigenvalue weighted by Gasteiger charge is 2.39. The summed E-state index contributed by atoms with van der Waals surface area (Å²) in [6.45, 7) is 3.01. The van der Waals surface area contributed by atoms with E-state index in [1.807, 2.05) is 71.6 Å². The third kappa shape index (κ3) is 5.89. The number of hydrogen-bond acceptors (Lipinski definition) is 8. The molecule has 2 aliphatic heterocycles. The highest BCUT2D eigenvalue weighted by Crippen LogP contribution is 2.51. The van der Waals surface area contributed by atoms with E-state index in [1.165, 1.54) is 11.8 Å². The fourth-order valence-electron chi connectivity index (χ4n) is 5.61. The summed E-state index contributed by atoms with van der Waals surface area (Å²) in [5.74, 6) is 1.69. The van der Waals surface area contributed by atoms with Gasteiger partial charge in [0.2, 0.25) is 11.8 Å². The Morgan fingerprint density at radius 1 is 1.14 bits per heavy atom. The molecule has 4 heterocycles. The summed E-state index contributed by atoms with van der Waals surface area (Å²) >= 11 is 3.08. The van der Waals surface area contributed by atoms with Gasteiger partial charge in [-0.2, -0.15) is 5.10 Å². The van der Waals surface area contributed by atoms with Crippen LogP contribution in [0.2, 0.25) is 0 Å². The van der Waals surface area contributed by atoms with Crippen molar-refractivity contribution in [2.75, 3.05) is 44.6 Å². The molecule has 0 unspecified atom stereocenters. The monoisotopic (exact) mass is 618 g/mol. The lowest BCUT2D eigenvalue weighted by Gasteiger charge is -2.24. The van der Waals surface area contributed by atoms with Crippen LogP contribution in [-0.4, -0.2) is 67.4 Å². The van der Waals surface area contributed by atoms with Crippen molar-refractivity contribution < 1.29 is 23.8 Å². The van der Waals surface area contributed by atoms with Crippen LogP contribution < -0.4 is 19.7 Å². The first-order valence-corrected chi connectivity index (χ1v) is 16.2. The number of fused-ring (bicyclic) bond motifs is 1. The fourth-order valence-corrected chi connectivity index (χ4v) is 7.54. The van der Waals surface area contributed by atoms with Gasteiger partial charge < -0.3 is 19.5 Å². The summed E-state index contributed by atoms with van der Waals surface area (Å²) in [6.07, 6.45) is 1.91. The lowest BCUT2D eigenvalue weighted by atomic mass is 10.0. The van der Waals surface area contributed by atoms with E-state index in [1.54, 1.807) is 30.5 Å². The number of nitrogens with zero attached hydrogens (tertiary/aromatic N) is 3. The number of carbonyl (C=O) groups is 2. The van der Waals surface area contributed by atoms with Gasteiger partial charge in [-0.15, -0.1) is 23.1 Å². The molecule has 4 aromatic rings. The standard InChI is InChI=1S/C32H34N4O5S2/c1-20-8-4-5-10-24(20)36-32-29(30(34-36)26-11-7-15-42-26)31(23-16-21(39-2)12-13-25(23)40-3)43-19-28(38)35(32)18-27(37)33-17-22-9-6-14-41-22/h4-5,7-8,10-13,15-16,22,31H,6,9,14,17-19H2,1-3H3,(H,33,37)/t22-,31+/m1/s1. The number of thiophene rings is 1. The first kappa shape index (κ1) is 29.3.